The number of piperidine rings is 1. The third-order valence-electron chi connectivity index (χ3n) is 4.25. The van der Waals surface area contributed by atoms with E-state index in [0.717, 1.165) is 25.2 Å². The number of anilines is 1. The number of likely N-dealkylation sites (tertiary alicyclic amines) is 1. The lowest BCUT2D eigenvalue weighted by atomic mass is 9.91. The summed E-state index contributed by atoms with van der Waals surface area (Å²) in [4.78, 5) is 14.7. The van der Waals surface area contributed by atoms with Crippen LogP contribution < -0.4 is 5.32 Å². The van der Waals surface area contributed by atoms with E-state index < -0.39 is 0 Å². The fourth-order valence-electron chi connectivity index (χ4n) is 3.51. The molecule has 0 spiro atoms. The predicted molar refractivity (Wildman–Crippen MR) is 77.1 cm³/mol. The number of hydrogen-bond acceptors (Lipinski definition) is 2. The van der Waals surface area contributed by atoms with Crippen LogP contribution in [-0.4, -0.2) is 29.9 Å². The number of amides is 1. The van der Waals surface area contributed by atoms with Gasteiger partial charge in [0.2, 0.25) is 5.91 Å². The first-order valence-electron chi connectivity index (χ1n) is 7.26. The van der Waals surface area contributed by atoms with E-state index in [4.69, 9.17) is 0 Å². The minimum Gasteiger partial charge on any atom is -0.373 e. The maximum atomic E-state index is 12.6. The van der Waals surface area contributed by atoms with E-state index in [2.05, 4.69) is 36.2 Å². The van der Waals surface area contributed by atoms with Gasteiger partial charge in [-0.2, -0.15) is 0 Å². The molecule has 3 atom stereocenters. The van der Waals surface area contributed by atoms with Gasteiger partial charge in [-0.15, -0.1) is 0 Å². The zero-order chi connectivity index (χ0) is 13.4. The highest BCUT2D eigenvalue weighted by Gasteiger charge is 2.33. The van der Waals surface area contributed by atoms with Crippen LogP contribution >= 0.6 is 0 Å². The number of para-hydroxylation sites is 1. The highest BCUT2D eigenvalue weighted by molar-refractivity contribution is 5.87. The number of carbonyl (C=O) groups is 1. The zero-order valence-corrected chi connectivity index (χ0v) is 11.7. The number of benzene rings is 1. The second kappa shape index (κ2) is 4.87. The summed E-state index contributed by atoms with van der Waals surface area (Å²) in [6.07, 6.45) is 2.07. The quantitative estimate of drug-likeness (QED) is 0.839. The largest absolute Gasteiger partial charge is 0.373 e. The SMILES string of the molecule is C[C@@H]1C[C@H](C)CN(C(=O)C2Cc3ccccc3N2)C1. The molecule has 0 aliphatic carbocycles. The van der Waals surface area contributed by atoms with Crippen molar-refractivity contribution in [1.82, 2.24) is 4.90 Å². The predicted octanol–water partition coefficient (Wildman–Crippen LogP) is 2.53. The Kier molecular flexibility index (Phi) is 3.21. The molecule has 1 unspecified atom stereocenters. The van der Waals surface area contributed by atoms with E-state index in [1.165, 1.54) is 12.0 Å². The third kappa shape index (κ3) is 2.46. The van der Waals surface area contributed by atoms with Crippen molar-refractivity contribution in [2.45, 2.75) is 32.7 Å². The summed E-state index contributed by atoms with van der Waals surface area (Å²) in [5, 5.41) is 3.37. The monoisotopic (exact) mass is 258 g/mol. The van der Waals surface area contributed by atoms with E-state index in [1.54, 1.807) is 0 Å². The van der Waals surface area contributed by atoms with Gasteiger partial charge in [0.15, 0.2) is 0 Å². The maximum absolute atomic E-state index is 12.6. The molecule has 1 N–H and O–H groups in total. The van der Waals surface area contributed by atoms with Crippen LogP contribution in [0.4, 0.5) is 5.69 Å². The summed E-state index contributed by atoms with van der Waals surface area (Å²) in [5.74, 6) is 1.52. The molecule has 0 saturated carbocycles. The number of fused-ring (bicyclic) bond motifs is 1. The highest BCUT2D eigenvalue weighted by Crippen LogP contribution is 2.28. The average molecular weight is 258 g/mol. The molecule has 0 aromatic heterocycles. The molecule has 0 radical (unpaired) electrons. The average Bonchev–Trinajstić information content (AvgIpc) is 2.80. The number of nitrogens with one attached hydrogen (secondary N) is 1. The third-order valence-corrected chi connectivity index (χ3v) is 4.25. The molecule has 0 bridgehead atoms. The second-order valence-corrected chi connectivity index (χ2v) is 6.25. The molecule has 2 aliphatic heterocycles. The van der Waals surface area contributed by atoms with Gasteiger partial charge >= 0.3 is 0 Å². The van der Waals surface area contributed by atoms with Crippen molar-refractivity contribution in [1.29, 1.82) is 0 Å². The van der Waals surface area contributed by atoms with Crippen molar-refractivity contribution in [2.75, 3.05) is 18.4 Å². The first kappa shape index (κ1) is 12.5. The molecule has 2 heterocycles. The van der Waals surface area contributed by atoms with E-state index in [1.807, 2.05) is 12.1 Å². The van der Waals surface area contributed by atoms with Crippen LogP contribution in [0.5, 0.6) is 0 Å². The fourth-order valence-corrected chi connectivity index (χ4v) is 3.51. The molecule has 19 heavy (non-hydrogen) atoms. The summed E-state index contributed by atoms with van der Waals surface area (Å²) in [6, 6.07) is 8.17. The summed E-state index contributed by atoms with van der Waals surface area (Å²) < 4.78 is 0. The molecular formula is C16H22N2O. The molecule has 3 nitrogen and oxygen atoms in total. The first-order chi connectivity index (χ1) is 9.13. The Hall–Kier alpha value is -1.51. The number of hydrogen-bond donors (Lipinski definition) is 1. The highest BCUT2D eigenvalue weighted by atomic mass is 16.2. The Labute approximate surface area is 115 Å². The van der Waals surface area contributed by atoms with Gasteiger partial charge in [-0.3, -0.25) is 4.79 Å². The van der Waals surface area contributed by atoms with Crippen LogP contribution in [0.25, 0.3) is 0 Å². The summed E-state index contributed by atoms with van der Waals surface area (Å²) >= 11 is 0. The van der Waals surface area contributed by atoms with Gasteiger partial charge < -0.3 is 10.2 Å². The minimum absolute atomic E-state index is 0.0603. The number of rotatable bonds is 1. The smallest absolute Gasteiger partial charge is 0.245 e. The van der Waals surface area contributed by atoms with Gasteiger partial charge in [0, 0.05) is 25.2 Å². The Morgan fingerprint density at radius 2 is 1.89 bits per heavy atom. The topological polar surface area (TPSA) is 32.3 Å². The Bertz CT molecular complexity index is 450. The van der Waals surface area contributed by atoms with Crippen LogP contribution in [0, 0.1) is 11.8 Å². The first-order valence-corrected chi connectivity index (χ1v) is 7.26. The molecule has 3 heteroatoms. The lowest BCUT2D eigenvalue weighted by molar-refractivity contribution is -0.134. The normalized spacial score (nSPS) is 29.8. The maximum Gasteiger partial charge on any atom is 0.245 e. The molecule has 1 saturated heterocycles. The van der Waals surface area contributed by atoms with E-state index >= 15 is 0 Å². The van der Waals surface area contributed by atoms with E-state index in [0.29, 0.717) is 11.8 Å². The molecule has 3 rings (SSSR count). The van der Waals surface area contributed by atoms with Crippen LogP contribution in [0.3, 0.4) is 0 Å². The van der Waals surface area contributed by atoms with E-state index in [9.17, 15) is 4.79 Å². The van der Waals surface area contributed by atoms with E-state index in [-0.39, 0.29) is 11.9 Å². The van der Waals surface area contributed by atoms with Gasteiger partial charge in [-0.05, 0) is 29.9 Å². The molecule has 1 aromatic rings. The van der Waals surface area contributed by atoms with Gasteiger partial charge in [0.05, 0.1) is 0 Å². The lowest BCUT2D eigenvalue weighted by Gasteiger charge is -2.36. The zero-order valence-electron chi connectivity index (χ0n) is 11.7. The van der Waals surface area contributed by atoms with Crippen molar-refractivity contribution in [3.8, 4) is 0 Å². The van der Waals surface area contributed by atoms with Crippen molar-refractivity contribution in [3.63, 3.8) is 0 Å². The molecule has 2 aliphatic rings. The Balaban J connectivity index is 1.69. The Morgan fingerprint density at radius 3 is 2.58 bits per heavy atom. The number of carbonyl (C=O) groups excluding carboxylic acids is 1. The van der Waals surface area contributed by atoms with Crippen molar-refractivity contribution >= 4 is 11.6 Å². The summed E-state index contributed by atoms with van der Waals surface area (Å²) in [5.41, 5.74) is 2.39. The van der Waals surface area contributed by atoms with Crippen molar-refractivity contribution in [3.05, 3.63) is 29.8 Å². The molecule has 102 valence electrons. The van der Waals surface area contributed by atoms with Gasteiger partial charge in [0.25, 0.3) is 0 Å². The van der Waals surface area contributed by atoms with Gasteiger partial charge in [-0.1, -0.05) is 32.0 Å². The van der Waals surface area contributed by atoms with Crippen LogP contribution in [-0.2, 0) is 11.2 Å². The lowest BCUT2D eigenvalue weighted by Crippen LogP contribution is -2.48. The second-order valence-electron chi connectivity index (χ2n) is 6.25. The minimum atomic E-state index is -0.0603. The summed E-state index contributed by atoms with van der Waals surface area (Å²) in [7, 11) is 0. The van der Waals surface area contributed by atoms with Crippen molar-refractivity contribution in [2.24, 2.45) is 11.8 Å². The fraction of sp³-hybridized carbons (Fsp3) is 0.562. The van der Waals surface area contributed by atoms with Crippen LogP contribution in [0.15, 0.2) is 24.3 Å². The molecule has 1 amide bonds. The molecule has 1 fully saturated rings. The van der Waals surface area contributed by atoms with Crippen molar-refractivity contribution < 1.29 is 4.79 Å². The van der Waals surface area contributed by atoms with Gasteiger partial charge in [-0.25, -0.2) is 0 Å². The molecular weight excluding hydrogens is 236 g/mol. The molecule has 1 aromatic carbocycles. The Morgan fingerprint density at radius 1 is 1.21 bits per heavy atom. The number of nitrogens with zero attached hydrogens (tertiary/aromatic N) is 1. The standard InChI is InChI=1S/C16H22N2O/c1-11-7-12(2)10-18(9-11)16(19)15-8-13-5-3-4-6-14(13)17-15/h3-6,11-12,15,17H,7-10H2,1-2H3/t11-,12+,15?. The van der Waals surface area contributed by atoms with Crippen LogP contribution in [0.1, 0.15) is 25.8 Å². The van der Waals surface area contributed by atoms with Crippen LogP contribution in [0.2, 0.25) is 0 Å². The van der Waals surface area contributed by atoms with Gasteiger partial charge in [0.1, 0.15) is 6.04 Å². The summed E-state index contributed by atoms with van der Waals surface area (Å²) in [6.45, 7) is 6.31.